The van der Waals surface area contributed by atoms with Crippen molar-refractivity contribution in [2.45, 2.75) is 104 Å². The van der Waals surface area contributed by atoms with Crippen molar-refractivity contribution in [3.63, 3.8) is 0 Å². The monoisotopic (exact) mass is 458 g/mol. The molecule has 0 spiro atoms. The molecule has 0 bridgehead atoms. The van der Waals surface area contributed by atoms with Gasteiger partial charge < -0.3 is 18.9 Å². The van der Waals surface area contributed by atoms with Crippen molar-refractivity contribution < 1.29 is 18.9 Å². The number of benzene rings is 1. The Kier molecular flexibility index (Phi) is 9.63. The number of hydrogen-bond donors (Lipinski definition) is 0. The number of unbranched alkanes of at least 4 members (excludes halogenated alkanes) is 2. The third-order valence-corrected chi connectivity index (χ3v) is 6.64. The van der Waals surface area contributed by atoms with Crippen molar-refractivity contribution in [3.8, 4) is 11.5 Å². The summed E-state index contributed by atoms with van der Waals surface area (Å²) < 4.78 is 24.4. The predicted molar refractivity (Wildman–Crippen MR) is 137 cm³/mol. The third kappa shape index (κ3) is 7.61. The molecule has 0 N–H and O–H groups in total. The van der Waals surface area contributed by atoms with E-state index in [-0.39, 0.29) is 5.92 Å². The van der Waals surface area contributed by atoms with Crippen molar-refractivity contribution in [2.24, 2.45) is 5.92 Å². The molecule has 0 amide bonds. The molecule has 186 valence electrons. The number of ether oxygens (including phenoxy) is 4. The number of allylic oxidation sites excluding steroid dienone is 3. The van der Waals surface area contributed by atoms with E-state index in [9.17, 15) is 0 Å². The van der Waals surface area contributed by atoms with E-state index < -0.39 is 11.6 Å². The van der Waals surface area contributed by atoms with Crippen LogP contribution in [0.5, 0.6) is 11.5 Å². The highest BCUT2D eigenvalue weighted by Gasteiger charge is 2.34. The zero-order valence-electron chi connectivity index (χ0n) is 22.5. The normalized spacial score (nSPS) is 19.2. The molecule has 0 heterocycles. The summed E-state index contributed by atoms with van der Waals surface area (Å²) in [5, 5.41) is 0. The SMILES string of the molecule is C=C(C)C1CCC(C)=CC1c1c(OC(C)(C)OC)cc(CCCCC)cc1OC(C)(C)OC. The molecule has 1 aliphatic carbocycles. The Labute approximate surface area is 202 Å². The average molecular weight is 459 g/mol. The van der Waals surface area contributed by atoms with E-state index in [0.717, 1.165) is 42.7 Å². The van der Waals surface area contributed by atoms with Crippen molar-refractivity contribution in [1.82, 2.24) is 0 Å². The van der Waals surface area contributed by atoms with Gasteiger partial charge >= 0.3 is 0 Å². The molecule has 4 heteroatoms. The maximum atomic E-state index is 6.53. The number of aryl methyl sites for hydroxylation is 1. The fraction of sp³-hybridized carbons (Fsp3) is 0.655. The minimum absolute atomic E-state index is 0.117. The number of methoxy groups -OCH3 is 2. The van der Waals surface area contributed by atoms with Crippen LogP contribution >= 0.6 is 0 Å². The highest BCUT2D eigenvalue weighted by molar-refractivity contribution is 5.53. The van der Waals surface area contributed by atoms with E-state index >= 15 is 0 Å². The van der Waals surface area contributed by atoms with Crippen LogP contribution in [0.15, 0.2) is 35.9 Å². The molecule has 2 unspecified atom stereocenters. The van der Waals surface area contributed by atoms with E-state index in [1.807, 2.05) is 27.7 Å². The largest absolute Gasteiger partial charge is 0.463 e. The van der Waals surface area contributed by atoms with Crippen molar-refractivity contribution in [3.05, 3.63) is 47.1 Å². The zero-order chi connectivity index (χ0) is 24.8. The molecule has 0 fully saturated rings. The lowest BCUT2D eigenvalue weighted by atomic mass is 9.73. The Morgan fingerprint density at radius 1 is 1.00 bits per heavy atom. The van der Waals surface area contributed by atoms with Crippen molar-refractivity contribution in [1.29, 1.82) is 0 Å². The maximum absolute atomic E-state index is 6.53. The van der Waals surface area contributed by atoms with Crippen molar-refractivity contribution in [2.75, 3.05) is 14.2 Å². The molecule has 4 nitrogen and oxygen atoms in total. The summed E-state index contributed by atoms with van der Waals surface area (Å²) in [5.74, 6) is 0.542. The van der Waals surface area contributed by atoms with Crippen LogP contribution in [0.3, 0.4) is 0 Å². The minimum Gasteiger partial charge on any atom is -0.463 e. The fourth-order valence-corrected chi connectivity index (χ4v) is 4.40. The van der Waals surface area contributed by atoms with Gasteiger partial charge in [-0.2, -0.15) is 0 Å². The van der Waals surface area contributed by atoms with Gasteiger partial charge in [0.15, 0.2) is 0 Å². The molecule has 0 radical (unpaired) electrons. The topological polar surface area (TPSA) is 36.9 Å². The standard InChI is InChI=1S/C29H46O4/c1-11-12-13-14-22-18-25(32-28(5,6)30-9)27(26(19-22)33-29(7,8)31-10)24-17-21(4)15-16-23(24)20(2)3/h17-19,23-24H,2,11-16H2,1,3-10H3. The molecule has 1 aromatic carbocycles. The fourth-order valence-electron chi connectivity index (χ4n) is 4.40. The summed E-state index contributed by atoms with van der Waals surface area (Å²) >= 11 is 0. The second kappa shape index (κ2) is 11.6. The highest BCUT2D eigenvalue weighted by Crippen LogP contribution is 2.48. The first-order chi connectivity index (χ1) is 15.4. The highest BCUT2D eigenvalue weighted by atomic mass is 16.7. The molecule has 1 aromatic rings. The summed E-state index contributed by atoms with van der Waals surface area (Å²) in [5.41, 5.74) is 4.83. The molecule has 2 atom stereocenters. The Bertz CT molecular complexity index is 795. The van der Waals surface area contributed by atoms with Crippen LogP contribution in [0, 0.1) is 5.92 Å². The van der Waals surface area contributed by atoms with Gasteiger partial charge in [0.05, 0.1) is 0 Å². The van der Waals surface area contributed by atoms with Gasteiger partial charge in [-0.15, -0.1) is 0 Å². The molecule has 0 saturated heterocycles. The molecule has 33 heavy (non-hydrogen) atoms. The molecular formula is C29H46O4. The third-order valence-electron chi connectivity index (χ3n) is 6.64. The van der Waals surface area contributed by atoms with Gasteiger partial charge in [0.2, 0.25) is 11.6 Å². The van der Waals surface area contributed by atoms with E-state index in [2.05, 4.69) is 45.6 Å². The molecule has 0 aliphatic heterocycles. The van der Waals surface area contributed by atoms with E-state index in [1.165, 1.54) is 29.6 Å². The minimum atomic E-state index is -0.767. The average Bonchev–Trinajstić information content (AvgIpc) is 2.73. The second-order valence-corrected chi connectivity index (χ2v) is 10.4. The molecule has 0 saturated carbocycles. The van der Waals surface area contributed by atoms with Gasteiger partial charge in [0.25, 0.3) is 0 Å². The van der Waals surface area contributed by atoms with Crippen LogP contribution < -0.4 is 9.47 Å². The lowest BCUT2D eigenvalue weighted by Gasteiger charge is -2.36. The van der Waals surface area contributed by atoms with E-state index in [1.54, 1.807) is 14.2 Å². The van der Waals surface area contributed by atoms with Gasteiger partial charge in [0.1, 0.15) is 11.5 Å². The first-order valence-corrected chi connectivity index (χ1v) is 12.4. The Morgan fingerprint density at radius 2 is 1.55 bits per heavy atom. The van der Waals surface area contributed by atoms with Crippen LogP contribution in [-0.2, 0) is 15.9 Å². The molecule has 1 aliphatic rings. The van der Waals surface area contributed by atoms with Gasteiger partial charge in [-0.25, -0.2) is 0 Å². The smallest absolute Gasteiger partial charge is 0.204 e. The van der Waals surface area contributed by atoms with Crippen LogP contribution in [0.25, 0.3) is 0 Å². The quantitative estimate of drug-likeness (QED) is 0.181. The van der Waals surface area contributed by atoms with Gasteiger partial charge in [-0.05, 0) is 63.1 Å². The number of rotatable bonds is 12. The second-order valence-electron chi connectivity index (χ2n) is 10.4. The molecule has 0 aromatic heterocycles. The van der Waals surface area contributed by atoms with Crippen LogP contribution in [0.1, 0.15) is 97.6 Å². The van der Waals surface area contributed by atoms with Gasteiger partial charge in [0, 0.05) is 53.4 Å². The summed E-state index contributed by atoms with van der Waals surface area (Å²) in [6.45, 7) is 18.7. The Morgan fingerprint density at radius 3 is 2.00 bits per heavy atom. The number of hydrogen-bond acceptors (Lipinski definition) is 4. The maximum Gasteiger partial charge on any atom is 0.204 e. The lowest BCUT2D eigenvalue weighted by molar-refractivity contribution is -0.138. The lowest BCUT2D eigenvalue weighted by Crippen LogP contribution is -2.33. The Hall–Kier alpha value is -1.78. The van der Waals surface area contributed by atoms with Crippen molar-refractivity contribution >= 4 is 0 Å². The summed E-state index contributed by atoms with van der Waals surface area (Å²) in [4.78, 5) is 0. The van der Waals surface area contributed by atoms with E-state index in [0.29, 0.717) is 5.92 Å². The predicted octanol–water partition coefficient (Wildman–Crippen LogP) is 7.96. The zero-order valence-corrected chi connectivity index (χ0v) is 22.5. The van der Waals surface area contributed by atoms with Crippen LogP contribution in [0.4, 0.5) is 0 Å². The summed E-state index contributed by atoms with van der Waals surface area (Å²) in [6, 6.07) is 4.37. The molecule has 2 rings (SSSR count). The molecular weight excluding hydrogens is 412 g/mol. The van der Waals surface area contributed by atoms with Gasteiger partial charge in [-0.1, -0.05) is 43.6 Å². The summed E-state index contributed by atoms with van der Waals surface area (Å²) in [7, 11) is 3.36. The van der Waals surface area contributed by atoms with E-state index in [4.69, 9.17) is 18.9 Å². The van der Waals surface area contributed by atoms with Crippen LogP contribution in [0.2, 0.25) is 0 Å². The van der Waals surface area contributed by atoms with Gasteiger partial charge in [-0.3, -0.25) is 0 Å². The van der Waals surface area contributed by atoms with Crippen LogP contribution in [-0.4, -0.2) is 25.8 Å². The first-order valence-electron chi connectivity index (χ1n) is 12.4. The summed E-state index contributed by atoms with van der Waals surface area (Å²) in [6.07, 6.45) is 9.02. The Balaban J connectivity index is 2.74. The first kappa shape index (κ1) is 27.5.